The van der Waals surface area contributed by atoms with Crippen molar-refractivity contribution in [1.82, 2.24) is 5.32 Å². The van der Waals surface area contributed by atoms with E-state index in [2.05, 4.69) is 19.2 Å². The van der Waals surface area contributed by atoms with Crippen molar-refractivity contribution in [2.24, 2.45) is 17.6 Å². The molecule has 0 spiro atoms. The summed E-state index contributed by atoms with van der Waals surface area (Å²) >= 11 is 0. The third-order valence-corrected chi connectivity index (χ3v) is 3.28. The molecule has 0 saturated heterocycles. The number of benzene rings is 1. The lowest BCUT2D eigenvalue weighted by Crippen LogP contribution is -2.33. The zero-order valence-electron chi connectivity index (χ0n) is 10.9. The quantitative estimate of drug-likeness (QED) is 0.799. The zero-order valence-corrected chi connectivity index (χ0v) is 10.9. The van der Waals surface area contributed by atoms with Crippen molar-refractivity contribution >= 4 is 0 Å². The summed E-state index contributed by atoms with van der Waals surface area (Å²) in [5.74, 6) is 0.841. The molecule has 0 aliphatic heterocycles. The molecule has 0 aromatic heterocycles. The lowest BCUT2D eigenvalue weighted by molar-refractivity contribution is 0.356. The van der Waals surface area contributed by atoms with Gasteiger partial charge in [0.25, 0.3) is 0 Å². The summed E-state index contributed by atoms with van der Waals surface area (Å²) in [5, 5.41) is 3.41. The van der Waals surface area contributed by atoms with Crippen LogP contribution in [0.5, 0.6) is 0 Å². The molecule has 0 fully saturated rings. The molecule has 1 aromatic carbocycles. The van der Waals surface area contributed by atoms with Gasteiger partial charge in [-0.05, 0) is 49.5 Å². The van der Waals surface area contributed by atoms with Gasteiger partial charge >= 0.3 is 0 Å². The van der Waals surface area contributed by atoms with Gasteiger partial charge in [-0.15, -0.1) is 0 Å². The van der Waals surface area contributed by atoms with Crippen LogP contribution < -0.4 is 11.1 Å². The van der Waals surface area contributed by atoms with Crippen LogP contribution in [0.2, 0.25) is 0 Å². The van der Waals surface area contributed by atoms with E-state index in [1.807, 2.05) is 13.0 Å². The largest absolute Gasteiger partial charge is 0.330 e. The molecule has 0 radical (unpaired) electrons. The molecule has 0 bridgehead atoms. The SMILES string of the molecule is CC(C)C(CN)CN[C@H](C)c1cccc(F)c1. The fourth-order valence-corrected chi connectivity index (χ4v) is 1.81. The molecule has 0 amide bonds. The van der Waals surface area contributed by atoms with Crippen LogP contribution in [0.25, 0.3) is 0 Å². The molecular weight excluding hydrogens is 215 g/mol. The minimum atomic E-state index is -0.185. The minimum Gasteiger partial charge on any atom is -0.330 e. The number of hydrogen-bond acceptors (Lipinski definition) is 2. The highest BCUT2D eigenvalue weighted by Crippen LogP contribution is 2.15. The Labute approximate surface area is 103 Å². The maximum absolute atomic E-state index is 13.1. The van der Waals surface area contributed by atoms with Crippen molar-refractivity contribution < 1.29 is 4.39 Å². The molecule has 1 unspecified atom stereocenters. The van der Waals surface area contributed by atoms with Crippen LogP contribution >= 0.6 is 0 Å². The number of hydrogen-bond donors (Lipinski definition) is 2. The van der Waals surface area contributed by atoms with Crippen molar-refractivity contribution in [2.75, 3.05) is 13.1 Å². The van der Waals surface area contributed by atoms with E-state index >= 15 is 0 Å². The van der Waals surface area contributed by atoms with E-state index in [9.17, 15) is 4.39 Å². The average Bonchev–Trinajstić information content (AvgIpc) is 2.29. The lowest BCUT2D eigenvalue weighted by atomic mass is 9.95. The Morgan fingerprint density at radius 3 is 2.53 bits per heavy atom. The summed E-state index contributed by atoms with van der Waals surface area (Å²) in [6, 6.07) is 6.87. The van der Waals surface area contributed by atoms with Crippen molar-refractivity contribution in [3.63, 3.8) is 0 Å². The summed E-state index contributed by atoms with van der Waals surface area (Å²) in [4.78, 5) is 0. The van der Waals surface area contributed by atoms with Crippen LogP contribution in [0.3, 0.4) is 0 Å². The second-order valence-corrected chi connectivity index (χ2v) is 4.92. The van der Waals surface area contributed by atoms with Crippen molar-refractivity contribution in [1.29, 1.82) is 0 Å². The highest BCUT2D eigenvalue weighted by atomic mass is 19.1. The summed E-state index contributed by atoms with van der Waals surface area (Å²) in [6.07, 6.45) is 0. The Morgan fingerprint density at radius 2 is 2.00 bits per heavy atom. The molecule has 0 aliphatic rings. The van der Waals surface area contributed by atoms with E-state index in [0.29, 0.717) is 18.4 Å². The molecule has 2 atom stereocenters. The smallest absolute Gasteiger partial charge is 0.123 e. The van der Waals surface area contributed by atoms with E-state index in [1.165, 1.54) is 6.07 Å². The van der Waals surface area contributed by atoms with E-state index < -0.39 is 0 Å². The second kappa shape index (κ2) is 6.72. The summed E-state index contributed by atoms with van der Waals surface area (Å²) < 4.78 is 13.1. The molecule has 1 aromatic rings. The molecular formula is C14H23FN2. The van der Waals surface area contributed by atoms with Gasteiger partial charge in [0.05, 0.1) is 0 Å². The first-order valence-corrected chi connectivity index (χ1v) is 6.23. The highest BCUT2D eigenvalue weighted by molar-refractivity contribution is 5.19. The summed E-state index contributed by atoms with van der Waals surface area (Å²) in [6.45, 7) is 7.94. The highest BCUT2D eigenvalue weighted by Gasteiger charge is 2.13. The number of rotatable bonds is 6. The first-order valence-electron chi connectivity index (χ1n) is 6.23. The van der Waals surface area contributed by atoms with Crippen LogP contribution in [0.15, 0.2) is 24.3 Å². The maximum atomic E-state index is 13.1. The van der Waals surface area contributed by atoms with Crippen molar-refractivity contribution in [3.05, 3.63) is 35.6 Å². The minimum absolute atomic E-state index is 0.151. The fraction of sp³-hybridized carbons (Fsp3) is 0.571. The van der Waals surface area contributed by atoms with Gasteiger partial charge in [0.1, 0.15) is 5.82 Å². The predicted molar refractivity (Wildman–Crippen MR) is 70.2 cm³/mol. The molecule has 0 heterocycles. The van der Waals surface area contributed by atoms with Gasteiger partial charge in [-0.2, -0.15) is 0 Å². The Morgan fingerprint density at radius 1 is 1.29 bits per heavy atom. The fourth-order valence-electron chi connectivity index (χ4n) is 1.81. The Balaban J connectivity index is 2.52. The molecule has 2 nitrogen and oxygen atoms in total. The van der Waals surface area contributed by atoms with Gasteiger partial charge in [-0.25, -0.2) is 4.39 Å². The second-order valence-electron chi connectivity index (χ2n) is 4.92. The third kappa shape index (κ3) is 4.44. The van der Waals surface area contributed by atoms with Crippen molar-refractivity contribution in [3.8, 4) is 0 Å². The van der Waals surface area contributed by atoms with Gasteiger partial charge in [-0.3, -0.25) is 0 Å². The number of nitrogens with two attached hydrogens (primary N) is 1. The number of nitrogens with one attached hydrogen (secondary N) is 1. The predicted octanol–water partition coefficient (Wildman–Crippen LogP) is 2.71. The van der Waals surface area contributed by atoms with Gasteiger partial charge < -0.3 is 11.1 Å². The number of halogens is 1. The van der Waals surface area contributed by atoms with Crippen LogP contribution in [0.4, 0.5) is 4.39 Å². The normalized spacial score (nSPS) is 14.9. The van der Waals surface area contributed by atoms with Crippen LogP contribution in [0.1, 0.15) is 32.4 Å². The van der Waals surface area contributed by atoms with Crippen LogP contribution in [0, 0.1) is 17.7 Å². The third-order valence-electron chi connectivity index (χ3n) is 3.28. The van der Waals surface area contributed by atoms with E-state index in [1.54, 1.807) is 12.1 Å². The Bertz CT molecular complexity index is 339. The van der Waals surface area contributed by atoms with E-state index in [4.69, 9.17) is 5.73 Å². The molecule has 96 valence electrons. The molecule has 3 N–H and O–H groups in total. The molecule has 17 heavy (non-hydrogen) atoms. The monoisotopic (exact) mass is 238 g/mol. The Kier molecular flexibility index (Phi) is 5.59. The lowest BCUT2D eigenvalue weighted by Gasteiger charge is -2.22. The van der Waals surface area contributed by atoms with E-state index in [0.717, 1.165) is 12.1 Å². The Hall–Kier alpha value is -0.930. The van der Waals surface area contributed by atoms with Gasteiger partial charge in [0, 0.05) is 6.04 Å². The van der Waals surface area contributed by atoms with E-state index in [-0.39, 0.29) is 11.9 Å². The standard InChI is InChI=1S/C14H23FN2/c1-10(2)13(8-16)9-17-11(3)12-5-4-6-14(15)7-12/h4-7,10-11,13,17H,8-9,16H2,1-3H3/t11-,13?/m1/s1. The van der Waals surface area contributed by atoms with Crippen LogP contribution in [-0.2, 0) is 0 Å². The topological polar surface area (TPSA) is 38.0 Å². The van der Waals surface area contributed by atoms with Gasteiger partial charge in [0.15, 0.2) is 0 Å². The molecule has 0 aliphatic carbocycles. The maximum Gasteiger partial charge on any atom is 0.123 e. The van der Waals surface area contributed by atoms with Gasteiger partial charge in [0.2, 0.25) is 0 Å². The zero-order chi connectivity index (χ0) is 12.8. The molecule has 3 heteroatoms. The summed E-state index contributed by atoms with van der Waals surface area (Å²) in [7, 11) is 0. The van der Waals surface area contributed by atoms with Crippen LogP contribution in [-0.4, -0.2) is 13.1 Å². The summed E-state index contributed by atoms with van der Waals surface area (Å²) in [5.41, 5.74) is 6.70. The average molecular weight is 238 g/mol. The molecule has 0 saturated carbocycles. The first kappa shape index (κ1) is 14.1. The first-order chi connectivity index (χ1) is 8.04. The van der Waals surface area contributed by atoms with Crippen molar-refractivity contribution in [2.45, 2.75) is 26.8 Å². The van der Waals surface area contributed by atoms with Gasteiger partial charge in [-0.1, -0.05) is 26.0 Å². The molecule has 1 rings (SSSR count).